The van der Waals surface area contributed by atoms with E-state index >= 15 is 0 Å². The van der Waals surface area contributed by atoms with Crippen LogP contribution in [0.5, 0.6) is 0 Å². The number of aromatic nitrogens is 1. The van der Waals surface area contributed by atoms with E-state index in [1.807, 2.05) is 60.6 Å². The van der Waals surface area contributed by atoms with Crippen molar-refractivity contribution in [2.75, 3.05) is 38.0 Å². The van der Waals surface area contributed by atoms with Crippen LogP contribution in [-0.2, 0) is 27.1 Å². The number of anilines is 1. The number of hydrogen-bond acceptors (Lipinski definition) is 8. The summed E-state index contributed by atoms with van der Waals surface area (Å²) < 4.78 is 30.5. The van der Waals surface area contributed by atoms with Gasteiger partial charge < -0.3 is 29.3 Å². The zero-order valence-electron chi connectivity index (χ0n) is 30.2. The minimum absolute atomic E-state index is 0.0385. The first kappa shape index (κ1) is 38.5. The number of carbonyl (C=O) groups excluding carboxylic acids is 3. The Balaban J connectivity index is 1.75. The molecule has 0 radical (unpaired) electrons. The molecule has 0 spiro atoms. The Bertz CT molecular complexity index is 1410. The van der Waals surface area contributed by atoms with E-state index in [0.29, 0.717) is 51.4 Å². The third-order valence-electron chi connectivity index (χ3n) is 7.22. The molecule has 1 aromatic heterocycles. The summed E-state index contributed by atoms with van der Waals surface area (Å²) in [5, 5.41) is 6.29. The number of nitrogens with zero attached hydrogens (tertiary/aromatic N) is 3. The van der Waals surface area contributed by atoms with Gasteiger partial charge in [-0.1, -0.05) is 12.1 Å². The number of nitrogens with one attached hydrogen (secondary N) is 2. The predicted octanol–water partition coefficient (Wildman–Crippen LogP) is 6.72. The normalized spacial score (nSPS) is 16.8. The molecule has 2 N–H and O–H groups in total. The van der Waals surface area contributed by atoms with E-state index in [4.69, 9.17) is 14.2 Å². The molecule has 1 aliphatic heterocycles. The maximum absolute atomic E-state index is 13.8. The number of aryl methyl sites for hydroxylation is 1. The summed E-state index contributed by atoms with van der Waals surface area (Å²) in [6, 6.07) is 9.95. The lowest BCUT2D eigenvalue weighted by Gasteiger charge is -2.28. The number of pyridine rings is 1. The van der Waals surface area contributed by atoms with Crippen LogP contribution >= 0.6 is 0 Å². The number of halogens is 1. The summed E-state index contributed by atoms with van der Waals surface area (Å²) in [5.74, 6) is 0.0242. The quantitative estimate of drug-likeness (QED) is 0.267. The van der Waals surface area contributed by atoms with Crippen molar-refractivity contribution in [3.8, 4) is 0 Å². The number of rotatable bonds is 10. The van der Waals surface area contributed by atoms with Crippen molar-refractivity contribution in [1.82, 2.24) is 20.1 Å². The molecular weight excluding hydrogens is 617 g/mol. The van der Waals surface area contributed by atoms with Crippen LogP contribution in [-0.4, -0.2) is 88.6 Å². The van der Waals surface area contributed by atoms with Gasteiger partial charge in [-0.2, -0.15) is 0 Å². The van der Waals surface area contributed by atoms with E-state index in [-0.39, 0.29) is 17.8 Å². The molecule has 1 aliphatic rings. The summed E-state index contributed by atoms with van der Waals surface area (Å²) in [4.78, 5) is 46.7. The number of benzene rings is 1. The Hall–Kier alpha value is -3.93. The molecule has 0 bridgehead atoms. The predicted molar refractivity (Wildman–Crippen MR) is 184 cm³/mol. The summed E-state index contributed by atoms with van der Waals surface area (Å²) in [6.45, 7) is 20.2. The van der Waals surface area contributed by atoms with Gasteiger partial charge in [0, 0.05) is 44.5 Å². The summed E-state index contributed by atoms with van der Waals surface area (Å²) in [7, 11) is 0. The summed E-state index contributed by atoms with van der Waals surface area (Å²) in [5.41, 5.74) is 0.492. The Morgan fingerprint density at radius 1 is 0.917 bits per heavy atom. The highest BCUT2D eigenvalue weighted by molar-refractivity contribution is 5.83. The van der Waals surface area contributed by atoms with Crippen LogP contribution in [0.15, 0.2) is 36.4 Å². The zero-order chi connectivity index (χ0) is 35.9. The van der Waals surface area contributed by atoms with Crippen LogP contribution in [0.3, 0.4) is 0 Å². The van der Waals surface area contributed by atoms with Gasteiger partial charge in [-0.25, -0.2) is 23.8 Å². The fourth-order valence-electron chi connectivity index (χ4n) is 5.33. The fourth-order valence-corrected chi connectivity index (χ4v) is 5.33. The second-order valence-electron chi connectivity index (χ2n) is 15.4. The van der Waals surface area contributed by atoms with Gasteiger partial charge in [-0.15, -0.1) is 0 Å². The molecule has 3 rings (SSSR count). The van der Waals surface area contributed by atoms with Crippen LogP contribution in [0, 0.1) is 18.7 Å². The lowest BCUT2D eigenvalue weighted by Crippen LogP contribution is -2.45. The van der Waals surface area contributed by atoms with Gasteiger partial charge in [0.05, 0.1) is 0 Å². The van der Waals surface area contributed by atoms with Crippen molar-refractivity contribution in [3.63, 3.8) is 0 Å². The molecule has 1 fully saturated rings. The number of likely N-dealkylation sites (tertiary alicyclic amines) is 1. The first-order chi connectivity index (χ1) is 22.2. The van der Waals surface area contributed by atoms with Crippen LogP contribution in [0.25, 0.3) is 0 Å². The molecule has 1 aromatic carbocycles. The fraction of sp³-hybridized carbons (Fsp3) is 0.611. The van der Waals surface area contributed by atoms with Crippen LogP contribution in [0.1, 0.15) is 79.1 Å². The van der Waals surface area contributed by atoms with Gasteiger partial charge in [0.25, 0.3) is 0 Å². The van der Waals surface area contributed by atoms with E-state index in [1.165, 1.54) is 12.1 Å². The molecule has 0 aliphatic carbocycles. The third kappa shape index (κ3) is 13.7. The molecule has 2 aromatic rings. The molecule has 48 heavy (non-hydrogen) atoms. The summed E-state index contributed by atoms with van der Waals surface area (Å²) >= 11 is 0. The molecule has 1 saturated heterocycles. The molecule has 2 heterocycles. The topological polar surface area (TPSA) is 122 Å². The van der Waals surface area contributed by atoms with Crippen molar-refractivity contribution < 1.29 is 33.0 Å². The monoisotopic (exact) mass is 671 g/mol. The second kappa shape index (κ2) is 16.0. The van der Waals surface area contributed by atoms with Gasteiger partial charge >= 0.3 is 18.3 Å². The standard InChI is InChI=1S/C36H54FN5O6/c1-24-18-28(39-30(19-24)40-31(43)46-34(2,3)4)21-26-22-42(33(45)48-36(8,9)10)23-29(26)38-15-17-41(32(44)47-35(5,6)7)16-14-25-12-11-13-27(37)20-25/h11-13,18-20,26,29,38H,14-17,21-23H2,1-10H3,(H,39,40,43)/t26-,29-/m0/s1. The van der Waals surface area contributed by atoms with Crippen molar-refractivity contribution >= 4 is 24.1 Å². The Morgan fingerprint density at radius 3 is 2.21 bits per heavy atom. The van der Waals surface area contributed by atoms with E-state index in [1.54, 1.807) is 42.7 Å². The van der Waals surface area contributed by atoms with Crippen molar-refractivity contribution in [1.29, 1.82) is 0 Å². The van der Waals surface area contributed by atoms with E-state index in [0.717, 1.165) is 16.8 Å². The van der Waals surface area contributed by atoms with E-state index in [2.05, 4.69) is 15.6 Å². The highest BCUT2D eigenvalue weighted by Gasteiger charge is 2.37. The van der Waals surface area contributed by atoms with Crippen molar-refractivity contribution in [2.45, 2.75) is 105 Å². The van der Waals surface area contributed by atoms with Gasteiger partial charge in [0.15, 0.2) is 0 Å². The Labute approximate surface area is 284 Å². The minimum atomic E-state index is -0.676. The molecule has 11 nitrogen and oxygen atoms in total. The Kier molecular flexibility index (Phi) is 12.8. The van der Waals surface area contributed by atoms with Gasteiger partial charge in [-0.3, -0.25) is 5.32 Å². The van der Waals surface area contributed by atoms with Crippen molar-refractivity contribution in [2.24, 2.45) is 5.92 Å². The molecule has 2 atom stereocenters. The second-order valence-corrected chi connectivity index (χ2v) is 15.4. The molecule has 266 valence electrons. The van der Waals surface area contributed by atoms with E-state index in [9.17, 15) is 18.8 Å². The van der Waals surface area contributed by atoms with Gasteiger partial charge in [0.2, 0.25) is 0 Å². The van der Waals surface area contributed by atoms with Gasteiger partial charge in [0.1, 0.15) is 28.4 Å². The highest BCUT2D eigenvalue weighted by atomic mass is 19.1. The molecule has 12 heteroatoms. The smallest absolute Gasteiger partial charge is 0.413 e. The van der Waals surface area contributed by atoms with Crippen LogP contribution in [0.2, 0.25) is 0 Å². The number of hydrogen-bond donors (Lipinski definition) is 2. The summed E-state index contributed by atoms with van der Waals surface area (Å²) in [6.07, 6.45) is -0.444. The largest absolute Gasteiger partial charge is 0.444 e. The molecular formula is C36H54FN5O6. The first-order valence-corrected chi connectivity index (χ1v) is 16.6. The molecule has 3 amide bonds. The van der Waals surface area contributed by atoms with Crippen molar-refractivity contribution in [3.05, 3.63) is 59.0 Å². The number of amides is 3. The SMILES string of the molecule is Cc1cc(C[C@H]2CN(C(=O)OC(C)(C)C)C[C@@H]2NCCN(CCc2cccc(F)c2)C(=O)OC(C)(C)C)nc(NC(=O)OC(C)(C)C)c1. The number of ether oxygens (including phenoxy) is 3. The van der Waals surface area contributed by atoms with Crippen LogP contribution in [0.4, 0.5) is 24.6 Å². The maximum atomic E-state index is 13.8. The Morgan fingerprint density at radius 2 is 1.58 bits per heavy atom. The van der Waals surface area contributed by atoms with E-state index < -0.39 is 35.1 Å². The average molecular weight is 672 g/mol. The van der Waals surface area contributed by atoms with Gasteiger partial charge in [-0.05, 0) is 123 Å². The zero-order valence-corrected chi connectivity index (χ0v) is 30.2. The molecule has 0 unspecified atom stereocenters. The highest BCUT2D eigenvalue weighted by Crippen LogP contribution is 2.25. The average Bonchev–Trinajstić information content (AvgIpc) is 3.29. The first-order valence-electron chi connectivity index (χ1n) is 16.6. The lowest BCUT2D eigenvalue weighted by atomic mass is 9.97. The maximum Gasteiger partial charge on any atom is 0.413 e. The lowest BCUT2D eigenvalue weighted by molar-refractivity contribution is 0.0251. The minimum Gasteiger partial charge on any atom is -0.444 e. The molecule has 0 saturated carbocycles. The third-order valence-corrected chi connectivity index (χ3v) is 7.22. The van der Waals surface area contributed by atoms with Crippen LogP contribution < -0.4 is 10.6 Å². The number of carbonyl (C=O) groups is 3.